The van der Waals surface area contributed by atoms with Gasteiger partial charge in [-0.3, -0.25) is 4.79 Å². The van der Waals surface area contributed by atoms with Gasteiger partial charge in [0.2, 0.25) is 0 Å². The second kappa shape index (κ2) is 4.32. The summed E-state index contributed by atoms with van der Waals surface area (Å²) in [6.45, 7) is 4.73. The molecular weight excluding hydrogens is 260 g/mol. The molecule has 0 unspecified atom stereocenters. The van der Waals surface area contributed by atoms with Gasteiger partial charge in [0.25, 0.3) is 0 Å². The van der Waals surface area contributed by atoms with Gasteiger partial charge in [0.15, 0.2) is 5.78 Å². The molecule has 1 heterocycles. The summed E-state index contributed by atoms with van der Waals surface area (Å²) in [6.07, 6.45) is 0.685. The Morgan fingerprint density at radius 3 is 2.43 bits per heavy atom. The Balaban J connectivity index is 2.04. The molecule has 21 heavy (non-hydrogen) atoms. The van der Waals surface area contributed by atoms with Crippen LogP contribution in [0.4, 0.5) is 0 Å². The van der Waals surface area contributed by atoms with Gasteiger partial charge in [-0.2, -0.15) is 0 Å². The summed E-state index contributed by atoms with van der Waals surface area (Å²) in [5, 5.41) is 2.13. The molecule has 0 atom stereocenters. The van der Waals surface area contributed by atoms with Crippen molar-refractivity contribution in [2.45, 2.75) is 20.3 Å². The number of rotatable bonds is 0. The van der Waals surface area contributed by atoms with E-state index in [1.165, 1.54) is 11.1 Å². The second-order valence-corrected chi connectivity index (χ2v) is 5.87. The molecule has 2 aliphatic rings. The minimum Gasteiger partial charge on any atom is -0.488 e. The van der Waals surface area contributed by atoms with Crippen molar-refractivity contribution in [3.63, 3.8) is 0 Å². The summed E-state index contributed by atoms with van der Waals surface area (Å²) in [4.78, 5) is 12.9. The van der Waals surface area contributed by atoms with Crippen LogP contribution in [-0.4, -0.2) is 12.4 Å². The summed E-state index contributed by atoms with van der Waals surface area (Å²) in [7, 11) is 0. The molecule has 0 fully saturated rings. The summed E-state index contributed by atoms with van der Waals surface area (Å²) >= 11 is 0. The maximum absolute atomic E-state index is 12.9. The molecule has 0 N–H and O–H groups in total. The van der Waals surface area contributed by atoms with Gasteiger partial charge in [0.1, 0.15) is 12.4 Å². The topological polar surface area (TPSA) is 26.3 Å². The van der Waals surface area contributed by atoms with E-state index in [4.69, 9.17) is 4.74 Å². The quantitative estimate of drug-likeness (QED) is 0.662. The molecule has 2 aromatic carbocycles. The van der Waals surface area contributed by atoms with E-state index in [9.17, 15) is 4.79 Å². The van der Waals surface area contributed by atoms with E-state index < -0.39 is 0 Å². The maximum atomic E-state index is 12.9. The average Bonchev–Trinajstić information content (AvgIpc) is 2.65. The van der Waals surface area contributed by atoms with Crippen LogP contribution in [0.2, 0.25) is 0 Å². The lowest BCUT2D eigenvalue weighted by molar-refractivity contribution is 0.103. The predicted octanol–water partition coefficient (Wildman–Crippen LogP) is 4.50. The fraction of sp³-hybridized carbons (Fsp3) is 0.211. The van der Waals surface area contributed by atoms with Gasteiger partial charge in [-0.25, -0.2) is 0 Å². The molecule has 0 saturated carbocycles. The normalized spacial score (nSPS) is 17.7. The molecule has 2 heteroatoms. The molecule has 104 valence electrons. The van der Waals surface area contributed by atoms with Gasteiger partial charge in [-0.05, 0) is 24.8 Å². The Labute approximate surface area is 123 Å². The van der Waals surface area contributed by atoms with Crippen LogP contribution in [0.3, 0.4) is 0 Å². The van der Waals surface area contributed by atoms with Gasteiger partial charge in [0, 0.05) is 28.5 Å². The summed E-state index contributed by atoms with van der Waals surface area (Å²) in [6, 6.07) is 12.1. The van der Waals surface area contributed by atoms with E-state index in [-0.39, 0.29) is 5.78 Å². The first kappa shape index (κ1) is 12.4. The highest BCUT2D eigenvalue weighted by molar-refractivity contribution is 6.24. The molecule has 0 spiro atoms. The van der Waals surface area contributed by atoms with Gasteiger partial charge in [0.05, 0.1) is 0 Å². The smallest absolute Gasteiger partial charge is 0.193 e. The van der Waals surface area contributed by atoms with Crippen LogP contribution in [-0.2, 0) is 4.74 Å². The molecule has 0 radical (unpaired) electrons. The number of fused-ring (bicyclic) bond motifs is 1. The number of carbonyl (C=O) groups excluding carboxylic acids is 1. The van der Waals surface area contributed by atoms with Crippen molar-refractivity contribution in [1.82, 2.24) is 0 Å². The monoisotopic (exact) mass is 276 g/mol. The highest BCUT2D eigenvalue weighted by atomic mass is 16.5. The molecule has 4 rings (SSSR count). The van der Waals surface area contributed by atoms with Crippen LogP contribution in [0.15, 0.2) is 53.1 Å². The average molecular weight is 276 g/mol. The van der Waals surface area contributed by atoms with Crippen molar-refractivity contribution in [3.8, 4) is 0 Å². The molecule has 1 aliphatic heterocycles. The van der Waals surface area contributed by atoms with Crippen LogP contribution in [0.25, 0.3) is 16.5 Å². The number of allylic oxidation sites excluding steroid dienone is 2. The Hall–Kier alpha value is -2.35. The first-order chi connectivity index (χ1) is 10.2. The summed E-state index contributed by atoms with van der Waals surface area (Å²) in [5.41, 5.74) is 5.11. The number of hydrogen-bond donors (Lipinski definition) is 0. The predicted molar refractivity (Wildman–Crippen MR) is 84.1 cm³/mol. The molecule has 0 bridgehead atoms. The van der Waals surface area contributed by atoms with Crippen LogP contribution in [0.1, 0.15) is 36.2 Å². The first-order valence-electron chi connectivity index (χ1n) is 7.25. The fourth-order valence-electron chi connectivity index (χ4n) is 3.19. The molecule has 1 aliphatic carbocycles. The van der Waals surface area contributed by atoms with Crippen LogP contribution in [0.5, 0.6) is 0 Å². The van der Waals surface area contributed by atoms with Gasteiger partial charge in [-0.15, -0.1) is 0 Å². The zero-order valence-corrected chi connectivity index (χ0v) is 12.2. The Morgan fingerprint density at radius 1 is 0.952 bits per heavy atom. The van der Waals surface area contributed by atoms with Crippen molar-refractivity contribution in [2.24, 2.45) is 0 Å². The number of Topliss-reactive ketones (excluding diaryl/α,β-unsaturated/α-hetero) is 1. The molecule has 2 nitrogen and oxygen atoms in total. The van der Waals surface area contributed by atoms with Crippen molar-refractivity contribution in [2.75, 3.05) is 6.61 Å². The SMILES string of the molecule is CC1=C(C)CC2=C(OC1)c1cccc3cccc(c13)C2=O. The van der Waals surface area contributed by atoms with E-state index >= 15 is 0 Å². The number of ether oxygens (including phenoxy) is 1. The zero-order chi connectivity index (χ0) is 14.6. The third-order valence-corrected chi connectivity index (χ3v) is 4.55. The van der Waals surface area contributed by atoms with Crippen molar-refractivity contribution >= 4 is 22.3 Å². The number of ketones is 1. The molecule has 0 saturated heterocycles. The van der Waals surface area contributed by atoms with E-state index in [0.29, 0.717) is 13.0 Å². The molecule has 2 aromatic rings. The minimum atomic E-state index is 0.114. The second-order valence-electron chi connectivity index (χ2n) is 5.87. The van der Waals surface area contributed by atoms with Crippen LogP contribution < -0.4 is 0 Å². The highest BCUT2D eigenvalue weighted by Crippen LogP contribution is 2.40. The first-order valence-corrected chi connectivity index (χ1v) is 7.25. The lowest BCUT2D eigenvalue weighted by Gasteiger charge is -2.21. The van der Waals surface area contributed by atoms with Crippen LogP contribution in [0, 0.1) is 0 Å². The largest absolute Gasteiger partial charge is 0.488 e. The fourth-order valence-corrected chi connectivity index (χ4v) is 3.19. The molecule has 0 amide bonds. The van der Waals surface area contributed by atoms with Crippen LogP contribution >= 0.6 is 0 Å². The zero-order valence-electron chi connectivity index (χ0n) is 12.2. The van der Waals surface area contributed by atoms with Gasteiger partial charge in [-0.1, -0.05) is 42.0 Å². The van der Waals surface area contributed by atoms with Gasteiger partial charge >= 0.3 is 0 Å². The van der Waals surface area contributed by atoms with E-state index in [1.807, 2.05) is 30.3 Å². The lowest BCUT2D eigenvalue weighted by atomic mass is 9.84. The number of hydrogen-bond acceptors (Lipinski definition) is 2. The third-order valence-electron chi connectivity index (χ3n) is 4.55. The third kappa shape index (κ3) is 1.69. The number of benzene rings is 2. The Kier molecular flexibility index (Phi) is 2.55. The van der Waals surface area contributed by atoms with Crippen molar-refractivity contribution < 1.29 is 9.53 Å². The van der Waals surface area contributed by atoms with Crippen molar-refractivity contribution in [3.05, 3.63) is 64.2 Å². The molecular formula is C19H16O2. The Morgan fingerprint density at radius 2 is 1.67 bits per heavy atom. The van der Waals surface area contributed by atoms with E-state index in [0.717, 1.165) is 33.2 Å². The number of carbonyl (C=O) groups is 1. The van der Waals surface area contributed by atoms with E-state index in [1.54, 1.807) is 0 Å². The highest BCUT2D eigenvalue weighted by Gasteiger charge is 2.30. The standard InChI is InChI=1S/C19H16O2/c1-11-9-16-18(20)14-7-3-5-13-6-4-8-15(17(13)14)19(16)21-10-12(11)2/h3-8H,9-10H2,1-2H3. The van der Waals surface area contributed by atoms with Gasteiger partial charge < -0.3 is 4.74 Å². The summed E-state index contributed by atoms with van der Waals surface area (Å²) in [5.74, 6) is 0.892. The summed E-state index contributed by atoms with van der Waals surface area (Å²) < 4.78 is 6.01. The maximum Gasteiger partial charge on any atom is 0.193 e. The van der Waals surface area contributed by atoms with Crippen molar-refractivity contribution in [1.29, 1.82) is 0 Å². The van der Waals surface area contributed by atoms with E-state index in [2.05, 4.69) is 19.9 Å². The molecule has 0 aromatic heterocycles. The minimum absolute atomic E-state index is 0.114. The lowest BCUT2D eigenvalue weighted by Crippen LogP contribution is -2.13. The Bertz CT molecular complexity index is 848.